The number of nitrogens with zero attached hydrogens (tertiary/aromatic N) is 5. The van der Waals surface area contributed by atoms with Crippen LogP contribution in [0.15, 0.2) is 64.2 Å². The lowest BCUT2D eigenvalue weighted by Gasteiger charge is -2.03. The molecule has 0 unspecified atom stereocenters. The third-order valence-electron chi connectivity index (χ3n) is 4.00. The molecule has 136 valence electrons. The fraction of sp³-hybridized carbons (Fsp3) is 0.158. The van der Waals surface area contributed by atoms with E-state index in [1.54, 1.807) is 7.11 Å². The van der Waals surface area contributed by atoms with Gasteiger partial charge in [0.15, 0.2) is 11.0 Å². The fourth-order valence-corrected chi connectivity index (χ4v) is 3.40. The van der Waals surface area contributed by atoms with Crippen LogP contribution in [-0.4, -0.2) is 32.1 Å². The lowest BCUT2D eigenvalue weighted by molar-refractivity contribution is 0.414. The maximum Gasteiger partial charge on any atom is 0.251 e. The van der Waals surface area contributed by atoms with Crippen molar-refractivity contribution in [3.8, 4) is 28.6 Å². The molecule has 0 atom stereocenters. The molecule has 0 fully saturated rings. The maximum atomic E-state index is 5.78. The van der Waals surface area contributed by atoms with Gasteiger partial charge in [0.05, 0.1) is 18.4 Å². The van der Waals surface area contributed by atoms with Gasteiger partial charge in [-0.3, -0.25) is 0 Å². The second-order valence-corrected chi connectivity index (χ2v) is 6.66. The predicted octanol–water partition coefficient (Wildman–Crippen LogP) is 3.83. The molecule has 27 heavy (non-hydrogen) atoms. The Kier molecular flexibility index (Phi) is 4.88. The van der Waals surface area contributed by atoms with Crippen LogP contribution < -0.4 is 4.74 Å². The van der Waals surface area contributed by atoms with Gasteiger partial charge < -0.3 is 13.7 Å². The lowest BCUT2D eigenvalue weighted by atomic mass is 10.2. The molecule has 4 rings (SSSR count). The van der Waals surface area contributed by atoms with E-state index in [0.29, 0.717) is 23.3 Å². The van der Waals surface area contributed by atoms with Crippen LogP contribution in [0.4, 0.5) is 0 Å². The Hall–Kier alpha value is -3.13. The summed E-state index contributed by atoms with van der Waals surface area (Å²) in [5.41, 5.74) is 1.80. The molecule has 4 aromatic rings. The molecule has 0 aliphatic rings. The van der Waals surface area contributed by atoms with Crippen molar-refractivity contribution in [2.75, 3.05) is 7.11 Å². The molecule has 0 aliphatic carbocycles. The highest BCUT2D eigenvalue weighted by Crippen LogP contribution is 2.30. The van der Waals surface area contributed by atoms with Crippen molar-refractivity contribution in [1.82, 2.24) is 25.0 Å². The molecule has 8 heteroatoms. The first kappa shape index (κ1) is 17.3. The molecule has 7 nitrogen and oxygen atoms in total. The average molecular weight is 379 g/mol. The minimum Gasteiger partial charge on any atom is -0.496 e. The van der Waals surface area contributed by atoms with Gasteiger partial charge in [0, 0.05) is 12.6 Å². The van der Waals surface area contributed by atoms with Crippen molar-refractivity contribution in [3.05, 3.63) is 60.5 Å². The summed E-state index contributed by atoms with van der Waals surface area (Å²) in [6.07, 6.45) is 0. The Balaban J connectivity index is 1.49. The van der Waals surface area contributed by atoms with Crippen LogP contribution in [0.3, 0.4) is 0 Å². The Labute approximate surface area is 160 Å². The number of rotatable bonds is 6. The average Bonchev–Trinajstić information content (AvgIpc) is 3.33. The first-order valence-electron chi connectivity index (χ1n) is 8.29. The monoisotopic (exact) mass is 379 g/mol. The molecular formula is C19H17N5O2S. The van der Waals surface area contributed by atoms with Gasteiger partial charge in [-0.15, -0.1) is 20.4 Å². The van der Waals surface area contributed by atoms with Crippen LogP contribution >= 0.6 is 11.8 Å². The molecule has 2 heterocycles. The molecule has 0 spiro atoms. The van der Waals surface area contributed by atoms with Gasteiger partial charge in [0.1, 0.15) is 5.75 Å². The highest BCUT2D eigenvalue weighted by Gasteiger charge is 2.15. The highest BCUT2D eigenvalue weighted by molar-refractivity contribution is 7.98. The van der Waals surface area contributed by atoms with E-state index < -0.39 is 0 Å². The van der Waals surface area contributed by atoms with Gasteiger partial charge >= 0.3 is 0 Å². The van der Waals surface area contributed by atoms with E-state index in [-0.39, 0.29) is 0 Å². The summed E-state index contributed by atoms with van der Waals surface area (Å²) in [6.45, 7) is 0. The Morgan fingerprint density at radius 3 is 2.56 bits per heavy atom. The number of aromatic nitrogens is 5. The van der Waals surface area contributed by atoms with E-state index in [0.717, 1.165) is 22.1 Å². The van der Waals surface area contributed by atoms with E-state index in [4.69, 9.17) is 9.15 Å². The van der Waals surface area contributed by atoms with Crippen molar-refractivity contribution >= 4 is 11.8 Å². The number of para-hydroxylation sites is 1. The largest absolute Gasteiger partial charge is 0.496 e. The molecular weight excluding hydrogens is 362 g/mol. The molecule has 0 saturated heterocycles. The summed E-state index contributed by atoms with van der Waals surface area (Å²) in [7, 11) is 3.56. The standard InChI is InChI=1S/C19H17N5O2S/c1-24-17(13-8-4-3-5-9-13)21-23-19(24)27-12-16-20-22-18(26-16)14-10-6-7-11-15(14)25-2/h3-11H,12H2,1-2H3. The van der Waals surface area contributed by atoms with Crippen molar-refractivity contribution in [3.63, 3.8) is 0 Å². The lowest BCUT2D eigenvalue weighted by Crippen LogP contribution is -1.95. The summed E-state index contributed by atoms with van der Waals surface area (Å²) >= 11 is 1.50. The van der Waals surface area contributed by atoms with Crippen molar-refractivity contribution in [2.45, 2.75) is 10.9 Å². The van der Waals surface area contributed by atoms with Crippen LogP contribution in [0.5, 0.6) is 5.75 Å². The number of hydrogen-bond acceptors (Lipinski definition) is 7. The van der Waals surface area contributed by atoms with Crippen molar-refractivity contribution < 1.29 is 9.15 Å². The number of benzene rings is 2. The Morgan fingerprint density at radius 2 is 1.74 bits per heavy atom. The number of thioether (sulfide) groups is 1. The van der Waals surface area contributed by atoms with Gasteiger partial charge in [-0.1, -0.05) is 54.2 Å². The van der Waals surface area contributed by atoms with E-state index >= 15 is 0 Å². The maximum absolute atomic E-state index is 5.78. The first-order valence-corrected chi connectivity index (χ1v) is 9.28. The first-order chi connectivity index (χ1) is 13.3. The zero-order valence-corrected chi connectivity index (χ0v) is 15.7. The van der Waals surface area contributed by atoms with Gasteiger partial charge in [-0.05, 0) is 12.1 Å². The zero-order chi connectivity index (χ0) is 18.6. The summed E-state index contributed by atoms with van der Waals surface area (Å²) in [6, 6.07) is 17.5. The minimum absolute atomic E-state index is 0.436. The van der Waals surface area contributed by atoms with E-state index in [9.17, 15) is 0 Å². The molecule has 0 radical (unpaired) electrons. The molecule has 0 aliphatic heterocycles. The van der Waals surface area contributed by atoms with Crippen molar-refractivity contribution in [1.29, 1.82) is 0 Å². The number of methoxy groups -OCH3 is 1. The van der Waals surface area contributed by atoms with Crippen molar-refractivity contribution in [2.24, 2.45) is 7.05 Å². The van der Waals surface area contributed by atoms with Crippen LogP contribution in [0.2, 0.25) is 0 Å². The second-order valence-electron chi connectivity index (χ2n) is 5.72. The van der Waals surface area contributed by atoms with E-state index in [1.165, 1.54) is 11.8 Å². The summed E-state index contributed by atoms with van der Waals surface area (Å²) in [4.78, 5) is 0. The number of ether oxygens (including phenoxy) is 1. The fourth-order valence-electron chi connectivity index (χ4n) is 2.65. The summed E-state index contributed by atoms with van der Waals surface area (Å²) in [5.74, 6) is 2.97. The summed E-state index contributed by atoms with van der Waals surface area (Å²) < 4.78 is 13.1. The van der Waals surface area contributed by atoms with E-state index in [2.05, 4.69) is 20.4 Å². The Bertz CT molecular complexity index is 1050. The van der Waals surface area contributed by atoms with Crippen LogP contribution in [-0.2, 0) is 12.8 Å². The molecule has 2 aromatic carbocycles. The van der Waals surface area contributed by atoms with E-state index in [1.807, 2.05) is 66.2 Å². The number of hydrogen-bond donors (Lipinski definition) is 0. The smallest absolute Gasteiger partial charge is 0.251 e. The van der Waals surface area contributed by atoms with Gasteiger partial charge in [-0.2, -0.15) is 0 Å². The summed E-state index contributed by atoms with van der Waals surface area (Å²) in [5, 5.41) is 17.6. The molecule has 0 bridgehead atoms. The normalized spacial score (nSPS) is 10.9. The quantitative estimate of drug-likeness (QED) is 0.471. The molecule has 0 N–H and O–H groups in total. The molecule has 2 aromatic heterocycles. The van der Waals surface area contributed by atoms with Gasteiger partial charge in [-0.25, -0.2) is 0 Å². The zero-order valence-electron chi connectivity index (χ0n) is 14.9. The van der Waals surface area contributed by atoms with Gasteiger partial charge in [0.2, 0.25) is 5.89 Å². The third-order valence-corrected chi connectivity index (χ3v) is 5.00. The predicted molar refractivity (Wildman–Crippen MR) is 102 cm³/mol. The van der Waals surface area contributed by atoms with Crippen LogP contribution in [0, 0.1) is 0 Å². The SMILES string of the molecule is COc1ccccc1-c1nnc(CSc2nnc(-c3ccccc3)n2C)o1. The molecule has 0 saturated carbocycles. The topological polar surface area (TPSA) is 78.9 Å². The Morgan fingerprint density at radius 1 is 0.963 bits per heavy atom. The highest BCUT2D eigenvalue weighted by atomic mass is 32.2. The minimum atomic E-state index is 0.436. The third kappa shape index (κ3) is 3.56. The van der Waals surface area contributed by atoms with Crippen LogP contribution in [0.25, 0.3) is 22.8 Å². The molecule has 0 amide bonds. The van der Waals surface area contributed by atoms with Gasteiger partial charge in [0.25, 0.3) is 5.89 Å². The second kappa shape index (κ2) is 7.63. The van der Waals surface area contributed by atoms with Crippen LogP contribution in [0.1, 0.15) is 5.89 Å².